The van der Waals surface area contributed by atoms with Crippen molar-refractivity contribution in [3.8, 4) is 0 Å². The lowest BCUT2D eigenvalue weighted by Gasteiger charge is -2.58. The van der Waals surface area contributed by atoms with E-state index in [1.807, 2.05) is 0 Å². The maximum Gasteiger partial charge on any atom is 0.159 e. The van der Waals surface area contributed by atoms with Crippen LogP contribution < -0.4 is 0 Å². The van der Waals surface area contributed by atoms with Crippen LogP contribution in [-0.4, -0.2) is 26.4 Å². The highest BCUT2D eigenvalue weighted by Crippen LogP contribution is 2.66. The van der Waals surface area contributed by atoms with Gasteiger partial charge in [0.25, 0.3) is 0 Å². The van der Waals surface area contributed by atoms with Crippen LogP contribution in [0, 0.1) is 46.7 Å². The number of carbonyl (C=O) groups is 1. The minimum Gasteiger partial charge on any atom is -0.297 e. The van der Waals surface area contributed by atoms with Crippen molar-refractivity contribution in [2.24, 2.45) is 40.9 Å². The molecule has 2 aromatic rings. The molecule has 4 aliphatic rings. The zero-order valence-electron chi connectivity index (χ0n) is 19.8. The van der Waals surface area contributed by atoms with Gasteiger partial charge in [0, 0.05) is 12.0 Å². The number of rotatable bonds is 3. The molecule has 178 valence electrons. The molecule has 0 saturated heterocycles. The van der Waals surface area contributed by atoms with Crippen molar-refractivity contribution >= 4 is 16.8 Å². The molecule has 6 heteroatoms. The van der Waals surface area contributed by atoms with Crippen molar-refractivity contribution in [1.29, 1.82) is 0 Å². The number of ketones is 1. The molecule has 0 amide bonds. The Bertz CT molecular complexity index is 1080. The standard InChI is InChI=1S/C27H35F2N3O/c1-16-9-12-27(29)17(13-16)3-5-19-20-6-7-22(26(20,2)11-10-21(19)27)25(33)15-32-30-23-8-4-18(28)14-24(23)31-32/h4,8,14,16-17,19-22H,3,5-7,9-13,15H2,1-2H3/t16-,17+,19-,20?,21?,22+,26-,27+/m0/s1. The highest BCUT2D eigenvalue weighted by molar-refractivity contribution is 5.82. The van der Waals surface area contributed by atoms with Gasteiger partial charge >= 0.3 is 0 Å². The van der Waals surface area contributed by atoms with E-state index < -0.39 is 5.67 Å². The van der Waals surface area contributed by atoms with Crippen LogP contribution >= 0.6 is 0 Å². The minimum absolute atomic E-state index is 0.0195. The fourth-order valence-corrected chi connectivity index (χ4v) is 8.78. The Morgan fingerprint density at radius 3 is 2.73 bits per heavy atom. The van der Waals surface area contributed by atoms with Crippen LogP contribution in [0.2, 0.25) is 0 Å². The summed E-state index contributed by atoms with van der Waals surface area (Å²) in [6.07, 6.45) is 8.76. The molecule has 0 N–H and O–H groups in total. The molecule has 4 saturated carbocycles. The Morgan fingerprint density at radius 1 is 1.06 bits per heavy atom. The Balaban J connectivity index is 1.21. The van der Waals surface area contributed by atoms with E-state index in [9.17, 15) is 9.18 Å². The van der Waals surface area contributed by atoms with Crippen molar-refractivity contribution in [1.82, 2.24) is 15.0 Å². The molecule has 8 atom stereocenters. The van der Waals surface area contributed by atoms with Crippen LogP contribution in [0.5, 0.6) is 0 Å². The van der Waals surface area contributed by atoms with Crippen molar-refractivity contribution in [2.45, 2.75) is 83.8 Å². The molecular formula is C27H35F2N3O. The number of nitrogens with zero attached hydrogens (tertiary/aromatic N) is 3. The van der Waals surface area contributed by atoms with Gasteiger partial charge in [0.2, 0.25) is 0 Å². The molecule has 4 aliphatic carbocycles. The van der Waals surface area contributed by atoms with Crippen LogP contribution in [0.15, 0.2) is 18.2 Å². The molecule has 4 nitrogen and oxygen atoms in total. The van der Waals surface area contributed by atoms with E-state index in [-0.39, 0.29) is 41.3 Å². The largest absolute Gasteiger partial charge is 0.297 e. The average molecular weight is 456 g/mol. The van der Waals surface area contributed by atoms with Crippen LogP contribution in [0.4, 0.5) is 8.78 Å². The zero-order valence-corrected chi connectivity index (χ0v) is 19.8. The normalized spacial score (nSPS) is 42.5. The topological polar surface area (TPSA) is 47.8 Å². The van der Waals surface area contributed by atoms with Crippen molar-refractivity contribution < 1.29 is 13.6 Å². The van der Waals surface area contributed by atoms with Gasteiger partial charge in [-0.2, -0.15) is 15.0 Å². The first-order valence-electron chi connectivity index (χ1n) is 13.0. The van der Waals surface area contributed by atoms with Gasteiger partial charge in [-0.15, -0.1) is 0 Å². The molecule has 1 aromatic carbocycles. The Kier molecular flexibility index (Phi) is 4.97. The van der Waals surface area contributed by atoms with Gasteiger partial charge in [-0.25, -0.2) is 8.78 Å². The smallest absolute Gasteiger partial charge is 0.159 e. The molecule has 0 radical (unpaired) electrons. The first-order chi connectivity index (χ1) is 15.8. The fourth-order valence-electron chi connectivity index (χ4n) is 8.78. The van der Waals surface area contributed by atoms with E-state index in [2.05, 4.69) is 24.0 Å². The average Bonchev–Trinajstić information content (AvgIpc) is 3.33. The lowest BCUT2D eigenvalue weighted by atomic mass is 9.48. The van der Waals surface area contributed by atoms with Gasteiger partial charge in [-0.1, -0.05) is 13.8 Å². The van der Waals surface area contributed by atoms with Crippen LogP contribution in [0.25, 0.3) is 11.0 Å². The highest BCUT2D eigenvalue weighted by Gasteiger charge is 2.62. The van der Waals surface area contributed by atoms with E-state index in [0.717, 1.165) is 57.8 Å². The molecule has 4 fully saturated rings. The lowest BCUT2D eigenvalue weighted by molar-refractivity contribution is -0.146. The van der Waals surface area contributed by atoms with Gasteiger partial charge in [-0.05, 0) is 105 Å². The van der Waals surface area contributed by atoms with Gasteiger partial charge < -0.3 is 0 Å². The van der Waals surface area contributed by atoms with E-state index in [0.29, 0.717) is 28.8 Å². The number of carbonyl (C=O) groups excluding carboxylic acids is 1. The van der Waals surface area contributed by atoms with E-state index in [4.69, 9.17) is 0 Å². The van der Waals surface area contributed by atoms with Crippen molar-refractivity contribution in [3.05, 3.63) is 24.0 Å². The minimum atomic E-state index is -0.979. The third kappa shape index (κ3) is 3.30. The third-order valence-corrected chi connectivity index (χ3v) is 10.4. The molecule has 6 rings (SSSR count). The number of fused-ring (bicyclic) bond motifs is 6. The summed E-state index contributed by atoms with van der Waals surface area (Å²) in [7, 11) is 0. The molecule has 0 spiro atoms. The van der Waals surface area contributed by atoms with Crippen LogP contribution in [0.1, 0.15) is 71.6 Å². The monoisotopic (exact) mass is 455 g/mol. The van der Waals surface area contributed by atoms with Crippen molar-refractivity contribution in [3.63, 3.8) is 0 Å². The summed E-state index contributed by atoms with van der Waals surface area (Å²) >= 11 is 0. The number of aromatic nitrogens is 3. The maximum absolute atomic E-state index is 16.5. The third-order valence-electron chi connectivity index (χ3n) is 10.4. The Labute approximate surface area is 194 Å². The summed E-state index contributed by atoms with van der Waals surface area (Å²) in [5, 5.41) is 8.72. The number of alkyl halides is 1. The number of Topliss-reactive ketones (excluding diaryl/α,β-unsaturated/α-hetero) is 1. The summed E-state index contributed by atoms with van der Waals surface area (Å²) < 4.78 is 30.0. The molecule has 2 unspecified atom stereocenters. The van der Waals surface area contributed by atoms with Crippen molar-refractivity contribution in [2.75, 3.05) is 0 Å². The Hall–Kier alpha value is -1.85. The van der Waals surface area contributed by atoms with E-state index in [1.165, 1.54) is 16.9 Å². The van der Waals surface area contributed by atoms with E-state index >= 15 is 4.39 Å². The molecular weight excluding hydrogens is 420 g/mol. The second-order valence-corrected chi connectivity index (χ2v) is 12.0. The molecule has 1 heterocycles. The second kappa shape index (κ2) is 7.58. The lowest BCUT2D eigenvalue weighted by Crippen LogP contribution is -2.56. The van der Waals surface area contributed by atoms with Gasteiger partial charge in [-0.3, -0.25) is 4.79 Å². The van der Waals surface area contributed by atoms with Gasteiger partial charge in [0.05, 0.1) is 0 Å². The number of hydrogen-bond donors (Lipinski definition) is 0. The van der Waals surface area contributed by atoms with Gasteiger partial charge in [0.15, 0.2) is 5.78 Å². The van der Waals surface area contributed by atoms with Crippen LogP contribution in [0.3, 0.4) is 0 Å². The number of benzene rings is 1. The zero-order chi connectivity index (χ0) is 23.0. The predicted octanol–water partition coefficient (Wildman–Crippen LogP) is 6.14. The summed E-state index contributed by atoms with van der Waals surface area (Å²) in [4.78, 5) is 14.9. The predicted molar refractivity (Wildman–Crippen MR) is 123 cm³/mol. The SMILES string of the molecule is C[C@H]1CC[C@]2(F)C3CC[C@@]4(C)C(CC[C@@H]4C(=O)Cn4nc5ccc(F)cc5n4)[C@@H]3CC[C@@H]2C1. The van der Waals surface area contributed by atoms with Gasteiger partial charge in [0.1, 0.15) is 29.1 Å². The summed E-state index contributed by atoms with van der Waals surface area (Å²) in [5.41, 5.74) is 0.0487. The molecule has 1 aromatic heterocycles. The Morgan fingerprint density at radius 2 is 1.88 bits per heavy atom. The molecule has 33 heavy (non-hydrogen) atoms. The quantitative estimate of drug-likeness (QED) is 0.559. The van der Waals surface area contributed by atoms with E-state index in [1.54, 1.807) is 6.07 Å². The highest BCUT2D eigenvalue weighted by atomic mass is 19.1. The van der Waals surface area contributed by atoms with Crippen LogP contribution in [-0.2, 0) is 11.3 Å². The first-order valence-corrected chi connectivity index (χ1v) is 13.0. The second-order valence-electron chi connectivity index (χ2n) is 12.0. The number of hydrogen-bond acceptors (Lipinski definition) is 3. The maximum atomic E-state index is 16.5. The summed E-state index contributed by atoms with van der Waals surface area (Å²) in [6.45, 7) is 4.71. The molecule has 0 bridgehead atoms. The first kappa shape index (κ1) is 21.7. The summed E-state index contributed by atoms with van der Waals surface area (Å²) in [6, 6.07) is 4.32. The fraction of sp³-hybridized carbons (Fsp3) is 0.741. The summed E-state index contributed by atoms with van der Waals surface area (Å²) in [5.74, 6) is 1.75. The molecule has 0 aliphatic heterocycles. The number of halogens is 2.